The molecule has 1 fully saturated rings. The highest BCUT2D eigenvalue weighted by Crippen LogP contribution is 2.62. The van der Waals surface area contributed by atoms with E-state index in [9.17, 15) is 5.11 Å². The Balaban J connectivity index is 1.99. The SMILES string of the molecule is CC1(C)C(NCC(O)c2cc(Cl)ccc2Cl)C1(C)C. The van der Waals surface area contributed by atoms with Gasteiger partial charge in [0.2, 0.25) is 0 Å². The third kappa shape index (κ3) is 2.64. The second kappa shape index (κ2) is 4.92. The molecule has 1 unspecified atom stereocenters. The summed E-state index contributed by atoms with van der Waals surface area (Å²) in [4.78, 5) is 0. The molecule has 0 saturated heterocycles. The van der Waals surface area contributed by atoms with Crippen molar-refractivity contribution in [3.05, 3.63) is 33.8 Å². The van der Waals surface area contributed by atoms with Crippen LogP contribution in [-0.4, -0.2) is 17.7 Å². The van der Waals surface area contributed by atoms with Crippen molar-refractivity contribution in [2.24, 2.45) is 10.8 Å². The predicted octanol–water partition coefficient (Wildman–Crippen LogP) is 4.05. The van der Waals surface area contributed by atoms with Crippen molar-refractivity contribution in [1.29, 1.82) is 0 Å². The van der Waals surface area contributed by atoms with Gasteiger partial charge in [-0.2, -0.15) is 0 Å². The number of hydrogen-bond donors (Lipinski definition) is 2. The van der Waals surface area contributed by atoms with E-state index in [1.54, 1.807) is 18.2 Å². The Hall–Kier alpha value is -0.280. The molecule has 1 atom stereocenters. The average molecular weight is 302 g/mol. The maximum atomic E-state index is 10.2. The van der Waals surface area contributed by atoms with Gasteiger partial charge in [-0.3, -0.25) is 0 Å². The van der Waals surface area contributed by atoms with Crippen LogP contribution in [0.4, 0.5) is 0 Å². The fourth-order valence-corrected chi connectivity index (χ4v) is 3.24. The van der Waals surface area contributed by atoms with Crippen molar-refractivity contribution in [3.63, 3.8) is 0 Å². The molecule has 2 N–H and O–H groups in total. The summed E-state index contributed by atoms with van der Waals surface area (Å²) in [6.07, 6.45) is -0.640. The lowest BCUT2D eigenvalue weighted by Crippen LogP contribution is -2.27. The average Bonchev–Trinajstić information content (AvgIpc) is 2.70. The Morgan fingerprint density at radius 1 is 1.21 bits per heavy atom. The molecule has 19 heavy (non-hydrogen) atoms. The fraction of sp³-hybridized carbons (Fsp3) is 0.600. The molecule has 0 amide bonds. The van der Waals surface area contributed by atoms with E-state index in [1.807, 2.05) is 0 Å². The number of halogens is 2. The zero-order chi connectivity index (χ0) is 14.4. The van der Waals surface area contributed by atoms with E-state index < -0.39 is 6.10 Å². The minimum atomic E-state index is -0.640. The first-order valence-corrected chi connectivity index (χ1v) is 7.30. The highest BCUT2D eigenvalue weighted by atomic mass is 35.5. The Bertz CT molecular complexity index is 471. The molecule has 1 aliphatic carbocycles. The Morgan fingerprint density at radius 2 is 1.79 bits per heavy atom. The molecule has 1 saturated carbocycles. The van der Waals surface area contributed by atoms with Gasteiger partial charge in [0.15, 0.2) is 0 Å². The van der Waals surface area contributed by atoms with Gasteiger partial charge in [0.25, 0.3) is 0 Å². The highest BCUT2D eigenvalue weighted by Gasteiger charge is 2.64. The highest BCUT2D eigenvalue weighted by molar-refractivity contribution is 6.33. The van der Waals surface area contributed by atoms with Crippen molar-refractivity contribution < 1.29 is 5.11 Å². The number of aliphatic hydroxyl groups excluding tert-OH is 1. The topological polar surface area (TPSA) is 32.3 Å². The molecule has 2 rings (SSSR count). The van der Waals surface area contributed by atoms with Crippen molar-refractivity contribution >= 4 is 23.2 Å². The standard InChI is InChI=1S/C15H21Cl2NO/c1-14(2)13(15(14,3)4)18-8-12(19)10-7-9(16)5-6-11(10)17/h5-7,12-13,18-19H,8H2,1-4H3. The van der Waals surface area contributed by atoms with Crippen LogP contribution in [-0.2, 0) is 0 Å². The summed E-state index contributed by atoms with van der Waals surface area (Å²) < 4.78 is 0. The van der Waals surface area contributed by atoms with Crippen LogP contribution in [0.2, 0.25) is 10.0 Å². The Labute approximate surface area is 125 Å². The Kier molecular flexibility index (Phi) is 3.92. The van der Waals surface area contributed by atoms with Crippen LogP contribution in [0.25, 0.3) is 0 Å². The molecule has 0 aromatic heterocycles. The first kappa shape index (κ1) is 15.1. The maximum absolute atomic E-state index is 10.2. The van der Waals surface area contributed by atoms with Gasteiger partial charge in [0, 0.05) is 28.2 Å². The van der Waals surface area contributed by atoms with Crippen LogP contribution < -0.4 is 5.32 Å². The van der Waals surface area contributed by atoms with Gasteiger partial charge < -0.3 is 10.4 Å². The lowest BCUT2D eigenvalue weighted by atomic mass is 10.0. The van der Waals surface area contributed by atoms with Crippen molar-refractivity contribution in [2.75, 3.05) is 6.54 Å². The number of hydrogen-bond acceptors (Lipinski definition) is 2. The molecule has 1 aromatic carbocycles. The molecule has 4 heteroatoms. The predicted molar refractivity (Wildman–Crippen MR) is 80.8 cm³/mol. The molecule has 0 bridgehead atoms. The fourth-order valence-electron chi connectivity index (χ4n) is 2.82. The van der Waals surface area contributed by atoms with Crippen LogP contribution in [0.5, 0.6) is 0 Å². The normalized spacial score (nSPS) is 22.3. The van der Waals surface area contributed by atoms with E-state index >= 15 is 0 Å². The minimum absolute atomic E-state index is 0.255. The van der Waals surface area contributed by atoms with Gasteiger partial charge in [-0.25, -0.2) is 0 Å². The van der Waals surface area contributed by atoms with E-state index in [0.717, 1.165) is 0 Å². The molecule has 2 nitrogen and oxygen atoms in total. The summed E-state index contributed by atoms with van der Waals surface area (Å²) in [6.45, 7) is 9.44. The van der Waals surface area contributed by atoms with Crippen LogP contribution >= 0.6 is 23.2 Å². The van der Waals surface area contributed by atoms with Gasteiger partial charge >= 0.3 is 0 Å². The molecular weight excluding hydrogens is 281 g/mol. The van der Waals surface area contributed by atoms with Gasteiger partial charge in [0.05, 0.1) is 6.10 Å². The maximum Gasteiger partial charge on any atom is 0.0929 e. The molecular formula is C15H21Cl2NO. The van der Waals surface area contributed by atoms with E-state index in [1.165, 1.54) is 0 Å². The largest absolute Gasteiger partial charge is 0.387 e. The third-order valence-electron chi connectivity index (χ3n) is 4.85. The van der Waals surface area contributed by atoms with Gasteiger partial charge in [-0.15, -0.1) is 0 Å². The number of rotatable bonds is 4. The molecule has 0 heterocycles. The molecule has 0 radical (unpaired) electrons. The zero-order valence-corrected chi connectivity index (χ0v) is 13.3. The van der Waals surface area contributed by atoms with Crippen LogP contribution in [0.3, 0.4) is 0 Å². The summed E-state index contributed by atoms with van der Waals surface area (Å²) in [5.74, 6) is 0. The summed E-state index contributed by atoms with van der Waals surface area (Å²) in [5.41, 5.74) is 1.19. The monoisotopic (exact) mass is 301 g/mol. The molecule has 0 aliphatic heterocycles. The van der Waals surface area contributed by atoms with Crippen LogP contribution in [0.1, 0.15) is 39.4 Å². The van der Waals surface area contributed by atoms with Crippen molar-refractivity contribution in [3.8, 4) is 0 Å². The Morgan fingerprint density at radius 3 is 2.32 bits per heavy atom. The molecule has 1 aliphatic rings. The smallest absolute Gasteiger partial charge is 0.0929 e. The molecule has 1 aromatic rings. The lowest BCUT2D eigenvalue weighted by molar-refractivity contribution is 0.172. The summed E-state index contributed by atoms with van der Waals surface area (Å²) in [7, 11) is 0. The quantitative estimate of drug-likeness (QED) is 0.879. The first-order valence-electron chi connectivity index (χ1n) is 6.54. The third-order valence-corrected chi connectivity index (χ3v) is 5.43. The number of aliphatic hydroxyl groups is 1. The van der Waals surface area contributed by atoms with Crippen molar-refractivity contribution in [1.82, 2.24) is 5.32 Å². The van der Waals surface area contributed by atoms with E-state index in [0.29, 0.717) is 28.2 Å². The zero-order valence-electron chi connectivity index (χ0n) is 11.8. The van der Waals surface area contributed by atoms with E-state index in [2.05, 4.69) is 33.0 Å². The van der Waals surface area contributed by atoms with Crippen LogP contribution in [0.15, 0.2) is 18.2 Å². The van der Waals surface area contributed by atoms with Crippen LogP contribution in [0, 0.1) is 10.8 Å². The van der Waals surface area contributed by atoms with Gasteiger partial charge in [-0.1, -0.05) is 50.9 Å². The second-order valence-corrected chi connectivity index (χ2v) is 7.31. The van der Waals surface area contributed by atoms with E-state index in [4.69, 9.17) is 23.2 Å². The van der Waals surface area contributed by atoms with Gasteiger partial charge in [0.1, 0.15) is 0 Å². The van der Waals surface area contributed by atoms with Gasteiger partial charge in [-0.05, 0) is 29.0 Å². The first-order chi connectivity index (χ1) is 8.68. The van der Waals surface area contributed by atoms with Crippen molar-refractivity contribution in [2.45, 2.75) is 39.8 Å². The number of benzene rings is 1. The lowest BCUT2D eigenvalue weighted by Gasteiger charge is -2.15. The molecule has 0 spiro atoms. The summed E-state index contributed by atoms with van der Waals surface area (Å²) >= 11 is 12.0. The minimum Gasteiger partial charge on any atom is -0.387 e. The second-order valence-electron chi connectivity index (χ2n) is 6.47. The summed E-state index contributed by atoms with van der Waals surface area (Å²) in [6, 6.07) is 5.57. The number of nitrogens with one attached hydrogen (secondary N) is 1. The van der Waals surface area contributed by atoms with E-state index in [-0.39, 0.29) is 10.8 Å². The summed E-state index contributed by atoms with van der Waals surface area (Å²) in [5, 5.41) is 14.8. The molecule has 106 valence electrons.